The topological polar surface area (TPSA) is 0 Å². The van der Waals surface area contributed by atoms with Crippen LogP contribution in [0.1, 0.15) is 29.9 Å². The SMILES string of the molecule is Cc1[c]c2ccccc2c(C2CC2)c1. The van der Waals surface area contributed by atoms with E-state index in [2.05, 4.69) is 43.3 Å². The third-order valence-electron chi connectivity index (χ3n) is 2.96. The van der Waals surface area contributed by atoms with Crippen molar-refractivity contribution in [1.82, 2.24) is 0 Å². The first kappa shape index (κ1) is 8.05. The van der Waals surface area contributed by atoms with E-state index in [1.165, 1.54) is 34.7 Å². The predicted octanol–water partition coefficient (Wildman–Crippen LogP) is 3.83. The van der Waals surface area contributed by atoms with Crippen LogP contribution in [0.3, 0.4) is 0 Å². The van der Waals surface area contributed by atoms with Gasteiger partial charge in [0.05, 0.1) is 0 Å². The number of fused-ring (bicyclic) bond motifs is 1. The molecule has 0 aliphatic heterocycles. The van der Waals surface area contributed by atoms with Crippen LogP contribution in [0, 0.1) is 13.0 Å². The second-order valence-corrected chi connectivity index (χ2v) is 4.23. The molecule has 0 amide bonds. The predicted molar refractivity (Wildman–Crippen MR) is 59.5 cm³/mol. The molecule has 1 fully saturated rings. The van der Waals surface area contributed by atoms with E-state index < -0.39 is 0 Å². The first-order chi connectivity index (χ1) is 6.84. The molecule has 1 radical (unpaired) electrons. The van der Waals surface area contributed by atoms with Crippen LogP contribution in [0.4, 0.5) is 0 Å². The van der Waals surface area contributed by atoms with Gasteiger partial charge in [0.1, 0.15) is 0 Å². The summed E-state index contributed by atoms with van der Waals surface area (Å²) in [6.07, 6.45) is 2.74. The molecule has 0 saturated heterocycles. The minimum atomic E-state index is 0.827. The molecule has 2 aromatic carbocycles. The van der Waals surface area contributed by atoms with Crippen LogP contribution in [-0.4, -0.2) is 0 Å². The van der Waals surface area contributed by atoms with Gasteiger partial charge in [0, 0.05) is 0 Å². The van der Waals surface area contributed by atoms with Crippen molar-refractivity contribution >= 4 is 10.8 Å². The van der Waals surface area contributed by atoms with Gasteiger partial charge < -0.3 is 0 Å². The van der Waals surface area contributed by atoms with Crippen molar-refractivity contribution in [2.45, 2.75) is 25.7 Å². The second-order valence-electron chi connectivity index (χ2n) is 4.23. The summed E-state index contributed by atoms with van der Waals surface area (Å²) in [7, 11) is 0. The fourth-order valence-electron chi connectivity index (χ4n) is 2.14. The molecule has 3 rings (SSSR count). The molecule has 0 atom stereocenters. The minimum absolute atomic E-state index is 0.827. The molecule has 1 aliphatic carbocycles. The van der Waals surface area contributed by atoms with Gasteiger partial charge in [-0.1, -0.05) is 30.3 Å². The Kier molecular flexibility index (Phi) is 1.63. The number of hydrogen-bond acceptors (Lipinski definition) is 0. The lowest BCUT2D eigenvalue weighted by Gasteiger charge is -2.06. The first-order valence-corrected chi connectivity index (χ1v) is 5.26. The normalized spacial score (nSPS) is 16.1. The quantitative estimate of drug-likeness (QED) is 0.627. The molecule has 0 bridgehead atoms. The summed E-state index contributed by atoms with van der Waals surface area (Å²) in [6.45, 7) is 2.14. The summed E-state index contributed by atoms with van der Waals surface area (Å²) < 4.78 is 0. The van der Waals surface area contributed by atoms with Crippen LogP contribution in [0.5, 0.6) is 0 Å². The molecule has 0 nitrogen and oxygen atoms in total. The highest BCUT2D eigenvalue weighted by Gasteiger charge is 2.25. The number of aryl methyl sites for hydroxylation is 1. The monoisotopic (exact) mass is 181 g/mol. The Bertz CT molecular complexity index is 478. The molecule has 1 aliphatic rings. The summed E-state index contributed by atoms with van der Waals surface area (Å²) in [4.78, 5) is 0. The van der Waals surface area contributed by atoms with E-state index in [4.69, 9.17) is 0 Å². The summed E-state index contributed by atoms with van der Waals surface area (Å²) in [6, 6.07) is 14.3. The lowest BCUT2D eigenvalue weighted by Crippen LogP contribution is -1.85. The fourth-order valence-corrected chi connectivity index (χ4v) is 2.14. The number of rotatable bonds is 1. The van der Waals surface area contributed by atoms with Gasteiger partial charge in [-0.3, -0.25) is 0 Å². The largest absolute Gasteiger partial charge is 0.0616 e. The Morgan fingerprint density at radius 2 is 2.00 bits per heavy atom. The number of hydrogen-bond donors (Lipinski definition) is 0. The molecule has 2 aromatic rings. The lowest BCUT2D eigenvalue weighted by molar-refractivity contribution is 1.14. The third kappa shape index (κ3) is 1.22. The van der Waals surface area contributed by atoms with E-state index in [1.54, 1.807) is 0 Å². The molecular weight excluding hydrogens is 168 g/mol. The van der Waals surface area contributed by atoms with Gasteiger partial charge in [0.15, 0.2) is 0 Å². The van der Waals surface area contributed by atoms with E-state index >= 15 is 0 Å². The van der Waals surface area contributed by atoms with Crippen LogP contribution in [0.15, 0.2) is 30.3 Å². The Hall–Kier alpha value is -1.30. The van der Waals surface area contributed by atoms with Gasteiger partial charge in [0.2, 0.25) is 0 Å². The Labute approximate surface area is 84.6 Å². The molecule has 0 aromatic heterocycles. The van der Waals surface area contributed by atoms with Crippen molar-refractivity contribution in [2.75, 3.05) is 0 Å². The third-order valence-corrected chi connectivity index (χ3v) is 2.96. The summed E-state index contributed by atoms with van der Waals surface area (Å²) in [5.74, 6) is 0.827. The molecule has 0 N–H and O–H groups in total. The van der Waals surface area contributed by atoms with Gasteiger partial charge in [-0.2, -0.15) is 0 Å². The lowest BCUT2D eigenvalue weighted by atomic mass is 9.98. The standard InChI is InChI=1S/C14H13/c1-10-8-12-4-2-3-5-13(12)14(9-10)11-6-7-11/h2-5,9,11H,6-7H2,1H3. The molecule has 0 heteroatoms. The van der Waals surface area contributed by atoms with Crippen molar-refractivity contribution in [2.24, 2.45) is 0 Å². The van der Waals surface area contributed by atoms with Crippen molar-refractivity contribution in [1.29, 1.82) is 0 Å². The van der Waals surface area contributed by atoms with Crippen LogP contribution in [-0.2, 0) is 0 Å². The van der Waals surface area contributed by atoms with Crippen LogP contribution >= 0.6 is 0 Å². The van der Waals surface area contributed by atoms with E-state index in [1.807, 2.05) is 0 Å². The minimum Gasteiger partial charge on any atom is -0.0616 e. The van der Waals surface area contributed by atoms with Crippen molar-refractivity contribution in [3.63, 3.8) is 0 Å². The second kappa shape index (κ2) is 2.84. The van der Waals surface area contributed by atoms with Crippen molar-refractivity contribution in [3.05, 3.63) is 47.5 Å². The van der Waals surface area contributed by atoms with Gasteiger partial charge in [0.25, 0.3) is 0 Å². The highest BCUT2D eigenvalue weighted by Crippen LogP contribution is 2.43. The van der Waals surface area contributed by atoms with Crippen molar-refractivity contribution < 1.29 is 0 Å². The maximum atomic E-state index is 3.41. The van der Waals surface area contributed by atoms with E-state index in [0.29, 0.717) is 0 Å². The zero-order chi connectivity index (χ0) is 9.54. The summed E-state index contributed by atoms with van der Waals surface area (Å²) in [5, 5.41) is 2.68. The maximum absolute atomic E-state index is 3.41. The van der Waals surface area contributed by atoms with Gasteiger partial charge in [-0.25, -0.2) is 0 Å². The highest BCUT2D eigenvalue weighted by molar-refractivity contribution is 5.86. The maximum Gasteiger partial charge on any atom is -0.00670 e. The summed E-state index contributed by atoms with van der Waals surface area (Å²) >= 11 is 0. The molecular formula is C14H13. The number of benzene rings is 2. The average Bonchev–Trinajstić information content (AvgIpc) is 2.99. The van der Waals surface area contributed by atoms with Crippen LogP contribution < -0.4 is 0 Å². The Morgan fingerprint density at radius 1 is 1.21 bits per heavy atom. The van der Waals surface area contributed by atoms with E-state index in [0.717, 1.165) is 5.92 Å². The average molecular weight is 181 g/mol. The van der Waals surface area contributed by atoms with Crippen molar-refractivity contribution in [3.8, 4) is 0 Å². The van der Waals surface area contributed by atoms with E-state index in [9.17, 15) is 0 Å². The van der Waals surface area contributed by atoms with E-state index in [-0.39, 0.29) is 0 Å². The molecule has 0 spiro atoms. The molecule has 0 heterocycles. The molecule has 69 valence electrons. The van der Waals surface area contributed by atoms with Crippen LogP contribution in [0.2, 0.25) is 0 Å². The Balaban J connectivity index is 2.34. The van der Waals surface area contributed by atoms with Gasteiger partial charge >= 0.3 is 0 Å². The van der Waals surface area contributed by atoms with Gasteiger partial charge in [-0.05, 0) is 53.6 Å². The Morgan fingerprint density at radius 3 is 2.79 bits per heavy atom. The highest BCUT2D eigenvalue weighted by atomic mass is 14.3. The first-order valence-electron chi connectivity index (χ1n) is 5.26. The fraction of sp³-hybridized carbons (Fsp3) is 0.286. The van der Waals surface area contributed by atoms with Gasteiger partial charge in [-0.15, -0.1) is 0 Å². The molecule has 1 saturated carbocycles. The zero-order valence-electron chi connectivity index (χ0n) is 8.38. The molecule has 14 heavy (non-hydrogen) atoms. The van der Waals surface area contributed by atoms with Crippen LogP contribution in [0.25, 0.3) is 10.8 Å². The summed E-state index contributed by atoms with van der Waals surface area (Å²) in [5.41, 5.74) is 2.81. The molecule has 0 unspecified atom stereocenters. The zero-order valence-corrected chi connectivity index (χ0v) is 8.38. The smallest absolute Gasteiger partial charge is 0.00670 e.